The van der Waals surface area contributed by atoms with Crippen molar-refractivity contribution in [2.24, 2.45) is 0 Å². The number of aliphatic hydroxyl groups excluding tert-OH is 2. The minimum atomic E-state index is -4.74. The number of rotatable bonds is 4. The number of hydrogen-bond acceptors (Lipinski definition) is 8. The normalized spacial score (nSPS) is 28.5. The van der Waals surface area contributed by atoms with E-state index in [0.29, 0.717) is 0 Å². The minimum absolute atomic E-state index is 0.0210. The van der Waals surface area contributed by atoms with Gasteiger partial charge in [-0.3, -0.25) is 13.9 Å². The summed E-state index contributed by atoms with van der Waals surface area (Å²) >= 11 is 0. The Balaban J connectivity index is 1.87. The Kier molecular flexibility index (Phi) is 4.06. The number of fused-ring (bicyclic) bond motifs is 1. The molecule has 0 radical (unpaired) electrons. The summed E-state index contributed by atoms with van der Waals surface area (Å²) in [5.41, 5.74) is -0.336. The fourth-order valence-electron chi connectivity index (χ4n) is 2.32. The van der Waals surface area contributed by atoms with Crippen LogP contribution in [0.5, 0.6) is 0 Å². The molecule has 13 heteroatoms. The fourth-order valence-corrected chi connectivity index (χ4v) is 2.66. The highest BCUT2D eigenvalue weighted by Gasteiger charge is 2.45. The molecule has 0 bridgehead atoms. The minimum Gasteiger partial charge on any atom is -0.387 e. The standard InChI is InChI=1S/C10H13N4O8P/c15-6-4(1-21-23(18,19)20)22-10(7(6)16)14-3-13-5-8(14)11-2-12-9(5)17/h2-4,6-7,10,15-16H,1H2,(H,11,12,17)(H2,18,19,20)/t4-,6-,7+,10+/m1/s1. The Hall–Kier alpha value is -1.66. The molecule has 2 aromatic rings. The molecule has 0 saturated carbocycles. The van der Waals surface area contributed by atoms with E-state index in [4.69, 9.17) is 14.5 Å². The van der Waals surface area contributed by atoms with Crippen molar-refractivity contribution in [2.45, 2.75) is 24.5 Å². The lowest BCUT2D eigenvalue weighted by atomic mass is 10.1. The predicted molar refractivity (Wildman–Crippen MR) is 72.1 cm³/mol. The highest BCUT2D eigenvalue weighted by molar-refractivity contribution is 7.46. The van der Waals surface area contributed by atoms with Gasteiger partial charge in [-0.15, -0.1) is 0 Å². The van der Waals surface area contributed by atoms with Crippen LogP contribution in [0.1, 0.15) is 6.23 Å². The van der Waals surface area contributed by atoms with E-state index in [-0.39, 0.29) is 11.2 Å². The van der Waals surface area contributed by atoms with Crippen molar-refractivity contribution in [3.63, 3.8) is 0 Å². The van der Waals surface area contributed by atoms with Crippen molar-refractivity contribution in [2.75, 3.05) is 6.61 Å². The Labute approximate surface area is 127 Å². The van der Waals surface area contributed by atoms with Crippen LogP contribution in [-0.4, -0.2) is 64.4 Å². The van der Waals surface area contributed by atoms with Crippen LogP contribution in [0.4, 0.5) is 0 Å². The number of aromatic nitrogens is 4. The van der Waals surface area contributed by atoms with E-state index in [1.54, 1.807) is 0 Å². The molecule has 4 atom stereocenters. The van der Waals surface area contributed by atoms with Crippen molar-refractivity contribution in [3.8, 4) is 0 Å². The third-order valence-corrected chi connectivity index (χ3v) is 3.87. The van der Waals surface area contributed by atoms with Crippen molar-refractivity contribution in [1.29, 1.82) is 0 Å². The molecule has 1 saturated heterocycles. The Morgan fingerprint density at radius 2 is 2.09 bits per heavy atom. The second-order valence-corrected chi connectivity index (χ2v) is 6.13. The summed E-state index contributed by atoms with van der Waals surface area (Å²) in [6.07, 6.45) is -2.85. The molecule has 12 nitrogen and oxygen atoms in total. The highest BCUT2D eigenvalue weighted by Crippen LogP contribution is 2.38. The largest absolute Gasteiger partial charge is 0.469 e. The van der Waals surface area contributed by atoms with Gasteiger partial charge in [-0.05, 0) is 0 Å². The van der Waals surface area contributed by atoms with Crippen molar-refractivity contribution >= 4 is 19.0 Å². The monoisotopic (exact) mass is 348 g/mol. The zero-order valence-electron chi connectivity index (χ0n) is 11.4. The number of H-pyrrole nitrogens is 1. The number of ether oxygens (including phenoxy) is 1. The lowest BCUT2D eigenvalue weighted by Gasteiger charge is -2.16. The average Bonchev–Trinajstić information content (AvgIpc) is 3.01. The molecule has 0 unspecified atom stereocenters. The van der Waals surface area contributed by atoms with Gasteiger partial charge in [0.15, 0.2) is 17.4 Å². The molecule has 2 aromatic heterocycles. The van der Waals surface area contributed by atoms with E-state index in [0.717, 1.165) is 6.33 Å². The molecule has 0 amide bonds. The molecule has 3 rings (SSSR count). The van der Waals surface area contributed by atoms with E-state index < -0.39 is 44.5 Å². The van der Waals surface area contributed by atoms with Crippen LogP contribution in [0.25, 0.3) is 11.2 Å². The maximum Gasteiger partial charge on any atom is 0.469 e. The second-order valence-electron chi connectivity index (χ2n) is 4.89. The first kappa shape index (κ1) is 16.2. The zero-order valence-corrected chi connectivity index (χ0v) is 12.3. The molecular formula is C10H13N4O8P. The first-order valence-electron chi connectivity index (χ1n) is 6.40. The quantitative estimate of drug-likeness (QED) is 0.382. The average molecular weight is 348 g/mol. The summed E-state index contributed by atoms with van der Waals surface area (Å²) in [6, 6.07) is 0. The van der Waals surface area contributed by atoms with Gasteiger partial charge in [0.25, 0.3) is 5.56 Å². The van der Waals surface area contributed by atoms with Crippen molar-refractivity contribution in [1.82, 2.24) is 19.5 Å². The van der Waals surface area contributed by atoms with Crippen LogP contribution in [0.3, 0.4) is 0 Å². The number of aromatic amines is 1. The van der Waals surface area contributed by atoms with E-state index in [1.807, 2.05) is 0 Å². The molecule has 126 valence electrons. The number of aliphatic hydroxyl groups is 2. The summed E-state index contributed by atoms with van der Waals surface area (Å²) in [5, 5.41) is 20.0. The molecule has 23 heavy (non-hydrogen) atoms. The lowest BCUT2D eigenvalue weighted by molar-refractivity contribution is -0.0504. The topological polar surface area (TPSA) is 180 Å². The predicted octanol–water partition coefficient (Wildman–Crippen LogP) is -2.15. The second kappa shape index (κ2) is 5.76. The van der Waals surface area contributed by atoms with Crippen LogP contribution in [0.2, 0.25) is 0 Å². The van der Waals surface area contributed by atoms with Gasteiger partial charge < -0.3 is 29.7 Å². The summed E-state index contributed by atoms with van der Waals surface area (Å²) in [4.78, 5) is 39.1. The number of imidazole rings is 1. The molecule has 1 aliphatic heterocycles. The van der Waals surface area contributed by atoms with E-state index in [1.165, 1.54) is 10.9 Å². The molecule has 0 aliphatic carbocycles. The SMILES string of the molecule is O=c1[nH]cnc2c1ncn2[C@H]1O[C@H](COP(=O)(O)O)[C@@H](O)[C@@H]1O. The molecule has 3 heterocycles. The van der Waals surface area contributed by atoms with Crippen LogP contribution in [0, 0.1) is 0 Å². The van der Waals surface area contributed by atoms with Gasteiger partial charge >= 0.3 is 7.82 Å². The number of nitrogens with one attached hydrogen (secondary N) is 1. The van der Waals surface area contributed by atoms with Gasteiger partial charge in [0.1, 0.15) is 18.3 Å². The Bertz CT molecular complexity index is 815. The maximum absolute atomic E-state index is 11.6. The van der Waals surface area contributed by atoms with Crippen LogP contribution in [-0.2, 0) is 13.8 Å². The first-order valence-corrected chi connectivity index (χ1v) is 7.93. The van der Waals surface area contributed by atoms with E-state index >= 15 is 0 Å². The Morgan fingerprint density at radius 1 is 1.35 bits per heavy atom. The van der Waals surface area contributed by atoms with E-state index in [2.05, 4.69) is 19.5 Å². The molecule has 1 fully saturated rings. The molecule has 0 spiro atoms. The lowest BCUT2D eigenvalue weighted by Crippen LogP contribution is -2.33. The van der Waals surface area contributed by atoms with Gasteiger partial charge in [-0.1, -0.05) is 0 Å². The highest BCUT2D eigenvalue weighted by atomic mass is 31.2. The third-order valence-electron chi connectivity index (χ3n) is 3.38. The number of phosphoric acid groups is 1. The van der Waals surface area contributed by atoms with Crippen LogP contribution >= 0.6 is 7.82 Å². The number of nitrogens with zero attached hydrogens (tertiary/aromatic N) is 3. The third kappa shape index (κ3) is 3.05. The van der Waals surface area contributed by atoms with Gasteiger partial charge in [0.05, 0.1) is 19.3 Å². The maximum atomic E-state index is 11.6. The molecular weight excluding hydrogens is 335 g/mol. The van der Waals surface area contributed by atoms with Crippen molar-refractivity contribution < 1.29 is 33.8 Å². The van der Waals surface area contributed by atoms with Gasteiger partial charge in [0, 0.05) is 0 Å². The van der Waals surface area contributed by atoms with Gasteiger partial charge in [0.2, 0.25) is 0 Å². The van der Waals surface area contributed by atoms with Crippen LogP contribution in [0.15, 0.2) is 17.4 Å². The smallest absolute Gasteiger partial charge is 0.387 e. The summed E-state index contributed by atoms with van der Waals surface area (Å²) in [7, 11) is -4.74. The molecule has 5 N–H and O–H groups in total. The molecule has 0 aromatic carbocycles. The zero-order chi connectivity index (χ0) is 16.8. The first-order chi connectivity index (χ1) is 10.8. The van der Waals surface area contributed by atoms with Gasteiger partial charge in [-0.2, -0.15) is 0 Å². The molecule has 1 aliphatic rings. The Morgan fingerprint density at radius 3 is 2.78 bits per heavy atom. The summed E-state index contributed by atoms with van der Waals surface area (Å²) in [5.74, 6) is 0. The van der Waals surface area contributed by atoms with E-state index in [9.17, 15) is 19.6 Å². The van der Waals surface area contributed by atoms with Crippen LogP contribution < -0.4 is 5.56 Å². The van der Waals surface area contributed by atoms with Gasteiger partial charge in [-0.25, -0.2) is 14.5 Å². The fraction of sp³-hybridized carbons (Fsp3) is 0.500. The summed E-state index contributed by atoms with van der Waals surface area (Å²) < 4.78 is 21.6. The number of hydrogen-bond donors (Lipinski definition) is 5. The number of phosphoric ester groups is 1. The summed E-state index contributed by atoms with van der Waals surface area (Å²) in [6.45, 7) is -0.625. The van der Waals surface area contributed by atoms with Crippen molar-refractivity contribution in [3.05, 3.63) is 23.0 Å².